The summed E-state index contributed by atoms with van der Waals surface area (Å²) in [6, 6.07) is -0.740. The zero-order valence-corrected chi connectivity index (χ0v) is 9.37. The molecule has 6 nitrogen and oxygen atoms in total. The van der Waals surface area contributed by atoms with E-state index < -0.39 is 18.0 Å². The van der Waals surface area contributed by atoms with Crippen LogP contribution in [0.2, 0.25) is 0 Å². The van der Waals surface area contributed by atoms with Gasteiger partial charge in [-0.05, 0) is 31.8 Å². The molecule has 94 valence electrons. The maximum Gasteiger partial charge on any atom is 0.333 e. The molecule has 0 aromatic carbocycles. The molecule has 2 atom stereocenters. The van der Waals surface area contributed by atoms with Crippen molar-refractivity contribution in [3.8, 4) is 0 Å². The van der Waals surface area contributed by atoms with Gasteiger partial charge in [-0.25, -0.2) is 9.59 Å². The molecule has 3 aliphatic rings. The molecule has 6 heteroatoms. The Kier molecular flexibility index (Phi) is 3.17. The van der Waals surface area contributed by atoms with Gasteiger partial charge in [-0.2, -0.15) is 0 Å². The van der Waals surface area contributed by atoms with E-state index in [0.717, 1.165) is 32.0 Å². The average molecular weight is 240 g/mol. The highest BCUT2D eigenvalue weighted by molar-refractivity contribution is 5.95. The summed E-state index contributed by atoms with van der Waals surface area (Å²) in [7, 11) is 0. The maximum atomic E-state index is 11.1. The Hall–Kier alpha value is -1.40. The lowest BCUT2D eigenvalue weighted by atomic mass is 9.76. The molecule has 0 aromatic heterocycles. The molecule has 3 heterocycles. The molecule has 3 rings (SSSR count). The summed E-state index contributed by atoms with van der Waals surface area (Å²) in [5.41, 5.74) is 5.94. The molecule has 0 aromatic rings. The van der Waals surface area contributed by atoms with Crippen molar-refractivity contribution in [3.05, 3.63) is 11.6 Å². The summed E-state index contributed by atoms with van der Waals surface area (Å²) in [6.07, 6.45) is 2.71. The van der Waals surface area contributed by atoms with Gasteiger partial charge >= 0.3 is 11.9 Å². The zero-order valence-electron chi connectivity index (χ0n) is 9.37. The number of piperidine rings is 3. The minimum absolute atomic E-state index is 0.102. The summed E-state index contributed by atoms with van der Waals surface area (Å²) in [6.45, 7) is 1.60. The van der Waals surface area contributed by atoms with E-state index >= 15 is 0 Å². The van der Waals surface area contributed by atoms with Gasteiger partial charge in [-0.15, -0.1) is 0 Å². The second kappa shape index (κ2) is 4.46. The Morgan fingerprint density at radius 3 is 2.24 bits per heavy atom. The highest BCUT2D eigenvalue weighted by Gasteiger charge is 2.43. The third kappa shape index (κ3) is 2.18. The van der Waals surface area contributed by atoms with Crippen molar-refractivity contribution < 1.29 is 19.8 Å². The minimum atomic E-state index is -1.24. The van der Waals surface area contributed by atoms with Gasteiger partial charge in [0.15, 0.2) is 0 Å². The van der Waals surface area contributed by atoms with E-state index in [9.17, 15) is 9.59 Å². The Labute approximate surface area is 98.7 Å². The number of fused-ring (bicyclic) bond motifs is 3. The predicted octanol–water partition coefficient (Wildman–Crippen LogP) is -0.496. The SMILES string of the molecule is NC1C2CCN(CC2)C1/C(=C\C(=O)O)C(=O)O. The van der Waals surface area contributed by atoms with Crippen LogP contribution in [0.5, 0.6) is 0 Å². The van der Waals surface area contributed by atoms with Crippen LogP contribution in [0, 0.1) is 5.92 Å². The average Bonchev–Trinajstić information content (AvgIpc) is 2.27. The lowest BCUT2D eigenvalue weighted by Gasteiger charge is -2.49. The smallest absolute Gasteiger partial charge is 0.333 e. The maximum absolute atomic E-state index is 11.1. The van der Waals surface area contributed by atoms with Gasteiger partial charge in [0.1, 0.15) is 0 Å². The van der Waals surface area contributed by atoms with Gasteiger partial charge in [-0.3, -0.25) is 4.90 Å². The molecule has 0 amide bonds. The van der Waals surface area contributed by atoms with Crippen LogP contribution in [0.25, 0.3) is 0 Å². The predicted molar refractivity (Wildman–Crippen MR) is 59.4 cm³/mol. The van der Waals surface area contributed by atoms with E-state index in [4.69, 9.17) is 15.9 Å². The van der Waals surface area contributed by atoms with Gasteiger partial charge in [0.05, 0.1) is 11.6 Å². The monoisotopic (exact) mass is 240 g/mol. The second-order valence-corrected chi connectivity index (χ2v) is 4.64. The fourth-order valence-electron chi connectivity index (χ4n) is 2.89. The van der Waals surface area contributed by atoms with Gasteiger partial charge in [-0.1, -0.05) is 0 Å². The molecule has 17 heavy (non-hydrogen) atoms. The number of rotatable bonds is 3. The summed E-state index contributed by atoms with van der Waals surface area (Å²) in [5, 5.41) is 17.8. The minimum Gasteiger partial charge on any atom is -0.478 e. The largest absolute Gasteiger partial charge is 0.478 e. The number of aliphatic carboxylic acids is 2. The van der Waals surface area contributed by atoms with Crippen molar-refractivity contribution in [2.75, 3.05) is 13.1 Å². The van der Waals surface area contributed by atoms with E-state index in [1.54, 1.807) is 0 Å². The van der Waals surface area contributed by atoms with Crippen LogP contribution in [0.3, 0.4) is 0 Å². The van der Waals surface area contributed by atoms with Gasteiger partial charge in [0.2, 0.25) is 0 Å². The molecule has 4 N–H and O–H groups in total. The fraction of sp³-hybridized carbons (Fsp3) is 0.636. The number of carboxylic acid groups (broad SMARTS) is 2. The third-order valence-corrected chi connectivity index (χ3v) is 3.72. The molecular weight excluding hydrogens is 224 g/mol. The third-order valence-electron chi connectivity index (χ3n) is 3.72. The van der Waals surface area contributed by atoms with E-state index in [0.29, 0.717) is 5.92 Å². The first kappa shape index (κ1) is 12.1. The van der Waals surface area contributed by atoms with Crippen molar-refractivity contribution in [2.45, 2.75) is 24.9 Å². The second-order valence-electron chi connectivity index (χ2n) is 4.64. The van der Waals surface area contributed by atoms with Crippen molar-refractivity contribution in [2.24, 2.45) is 11.7 Å². The van der Waals surface area contributed by atoms with E-state index in [2.05, 4.69) is 0 Å². The molecule has 2 unspecified atom stereocenters. The van der Waals surface area contributed by atoms with E-state index in [-0.39, 0.29) is 11.6 Å². The molecule has 3 aliphatic heterocycles. The summed E-state index contributed by atoms with van der Waals surface area (Å²) in [5.74, 6) is -2.13. The Morgan fingerprint density at radius 2 is 1.82 bits per heavy atom. The number of carbonyl (C=O) groups is 2. The normalized spacial score (nSPS) is 36.9. The van der Waals surface area contributed by atoms with Gasteiger partial charge < -0.3 is 15.9 Å². The van der Waals surface area contributed by atoms with Crippen LogP contribution >= 0.6 is 0 Å². The molecule has 0 saturated carbocycles. The van der Waals surface area contributed by atoms with E-state index in [1.807, 2.05) is 4.90 Å². The van der Waals surface area contributed by atoms with Crippen molar-refractivity contribution >= 4 is 11.9 Å². The van der Waals surface area contributed by atoms with Gasteiger partial charge in [0, 0.05) is 12.1 Å². The number of nitrogens with two attached hydrogens (primary N) is 1. The summed E-state index contributed by atoms with van der Waals surface area (Å²) < 4.78 is 0. The zero-order chi connectivity index (χ0) is 12.6. The van der Waals surface area contributed by atoms with Crippen LogP contribution < -0.4 is 5.73 Å². The Balaban J connectivity index is 2.30. The molecule has 2 bridgehead atoms. The van der Waals surface area contributed by atoms with E-state index in [1.165, 1.54) is 0 Å². The molecule has 3 fully saturated rings. The topological polar surface area (TPSA) is 104 Å². The van der Waals surface area contributed by atoms with Crippen LogP contribution in [-0.4, -0.2) is 52.2 Å². The fourth-order valence-corrected chi connectivity index (χ4v) is 2.89. The highest BCUT2D eigenvalue weighted by Crippen LogP contribution is 2.34. The molecule has 0 radical (unpaired) electrons. The van der Waals surface area contributed by atoms with Crippen LogP contribution in [0.15, 0.2) is 11.6 Å². The molecule has 0 aliphatic carbocycles. The number of nitrogens with zero attached hydrogens (tertiary/aromatic N) is 1. The van der Waals surface area contributed by atoms with Crippen molar-refractivity contribution in [3.63, 3.8) is 0 Å². The lowest BCUT2D eigenvalue weighted by Crippen LogP contribution is -2.62. The summed E-state index contributed by atoms with van der Waals surface area (Å²) in [4.78, 5) is 23.8. The number of carboxylic acids is 2. The van der Waals surface area contributed by atoms with Gasteiger partial charge in [0.25, 0.3) is 0 Å². The first-order chi connectivity index (χ1) is 8.00. The first-order valence-electron chi connectivity index (χ1n) is 5.68. The number of hydrogen-bond acceptors (Lipinski definition) is 4. The van der Waals surface area contributed by atoms with Crippen molar-refractivity contribution in [1.82, 2.24) is 4.90 Å². The molecule has 3 saturated heterocycles. The quantitative estimate of drug-likeness (QED) is 0.575. The molecule has 0 spiro atoms. The Morgan fingerprint density at radius 1 is 1.24 bits per heavy atom. The first-order valence-corrected chi connectivity index (χ1v) is 5.68. The van der Waals surface area contributed by atoms with Crippen molar-refractivity contribution in [1.29, 1.82) is 0 Å². The van der Waals surface area contributed by atoms with Crippen LogP contribution in [0.4, 0.5) is 0 Å². The Bertz CT molecular complexity index is 370. The van der Waals surface area contributed by atoms with Crippen LogP contribution in [-0.2, 0) is 9.59 Å². The lowest BCUT2D eigenvalue weighted by molar-refractivity contribution is -0.136. The highest BCUT2D eigenvalue weighted by atomic mass is 16.4. The summed E-state index contributed by atoms with van der Waals surface area (Å²) >= 11 is 0. The standard InChI is InChI=1S/C11H16N2O4/c12-9-6-1-3-13(4-2-6)10(9)7(11(16)17)5-8(14)15/h5-6,9-10H,1-4,12H2,(H,14,15)(H,16,17)/b7-5+. The molecular formula is C11H16N2O4. The number of hydrogen-bond donors (Lipinski definition) is 3. The van der Waals surface area contributed by atoms with Crippen LogP contribution in [0.1, 0.15) is 12.8 Å².